The molecule has 0 aliphatic carbocycles. The summed E-state index contributed by atoms with van der Waals surface area (Å²) < 4.78 is 5.95. The molecule has 1 heterocycles. The lowest BCUT2D eigenvalue weighted by molar-refractivity contribution is 0.474. The van der Waals surface area contributed by atoms with Crippen LogP contribution in [0, 0.1) is 20.8 Å². The molecule has 0 fully saturated rings. The summed E-state index contributed by atoms with van der Waals surface area (Å²) in [6, 6.07) is 4.63. The molecule has 2 heteroatoms. The molecule has 1 N–H and O–H groups in total. The quantitative estimate of drug-likeness (QED) is 0.830. The topological polar surface area (TPSA) is 25.2 Å². The van der Waals surface area contributed by atoms with Crippen LogP contribution in [0.25, 0.3) is 11.0 Å². The van der Waals surface area contributed by atoms with Crippen LogP contribution in [0.4, 0.5) is 0 Å². The molecule has 0 bridgehead atoms. The lowest BCUT2D eigenvalue weighted by Gasteiger charge is -2.05. The van der Waals surface area contributed by atoms with Gasteiger partial charge in [0.1, 0.15) is 11.3 Å². The van der Waals surface area contributed by atoms with Gasteiger partial charge in [0.15, 0.2) is 0 Å². The maximum absolute atomic E-state index is 5.95. The smallest absolute Gasteiger partial charge is 0.137 e. The fraction of sp³-hybridized carbons (Fsp3) is 0.429. The summed E-state index contributed by atoms with van der Waals surface area (Å²) in [5.74, 6) is 1.01. The first-order valence-corrected chi connectivity index (χ1v) is 5.72. The molecule has 1 aromatic carbocycles. The van der Waals surface area contributed by atoms with Crippen molar-refractivity contribution >= 4 is 11.0 Å². The van der Waals surface area contributed by atoms with Gasteiger partial charge in [0.25, 0.3) is 0 Å². The molecule has 0 saturated carbocycles. The molecule has 0 radical (unpaired) electrons. The molecule has 16 heavy (non-hydrogen) atoms. The predicted molar refractivity (Wildman–Crippen MR) is 67.9 cm³/mol. The Kier molecular flexibility index (Phi) is 2.76. The van der Waals surface area contributed by atoms with Crippen LogP contribution in [0.1, 0.15) is 35.4 Å². The van der Waals surface area contributed by atoms with E-state index in [1.807, 2.05) is 7.05 Å². The molecular formula is C14H19NO. The first-order valence-electron chi connectivity index (χ1n) is 5.72. The summed E-state index contributed by atoms with van der Waals surface area (Å²) in [6.45, 7) is 8.49. The molecule has 2 nitrogen and oxygen atoms in total. The number of furan rings is 1. The summed E-state index contributed by atoms with van der Waals surface area (Å²) >= 11 is 0. The van der Waals surface area contributed by atoms with Gasteiger partial charge in [-0.3, -0.25) is 0 Å². The van der Waals surface area contributed by atoms with Gasteiger partial charge >= 0.3 is 0 Å². The van der Waals surface area contributed by atoms with Crippen molar-refractivity contribution in [1.82, 2.24) is 5.32 Å². The van der Waals surface area contributed by atoms with Crippen LogP contribution in [-0.4, -0.2) is 7.05 Å². The van der Waals surface area contributed by atoms with Gasteiger partial charge in [-0.15, -0.1) is 0 Å². The number of hydrogen-bond donors (Lipinski definition) is 1. The Balaban J connectivity index is 2.70. The monoisotopic (exact) mass is 217 g/mol. The highest BCUT2D eigenvalue weighted by Gasteiger charge is 2.13. The highest BCUT2D eigenvalue weighted by atomic mass is 16.3. The first-order chi connectivity index (χ1) is 7.54. The van der Waals surface area contributed by atoms with E-state index in [2.05, 4.69) is 45.1 Å². The maximum atomic E-state index is 5.95. The third-order valence-electron chi connectivity index (χ3n) is 3.40. The Labute approximate surface area is 96.6 Å². The van der Waals surface area contributed by atoms with E-state index in [1.165, 1.54) is 22.1 Å². The van der Waals surface area contributed by atoms with E-state index in [9.17, 15) is 0 Å². The SMILES string of the molecule is CNC(C)c1cc2c(C)cc(C)c(C)c2o1. The summed E-state index contributed by atoms with van der Waals surface area (Å²) in [7, 11) is 1.95. The molecule has 2 rings (SSSR count). The maximum Gasteiger partial charge on any atom is 0.137 e. The zero-order valence-electron chi connectivity index (χ0n) is 10.6. The minimum absolute atomic E-state index is 0.256. The van der Waals surface area contributed by atoms with E-state index in [0.29, 0.717) is 0 Å². The lowest BCUT2D eigenvalue weighted by Crippen LogP contribution is -2.10. The van der Waals surface area contributed by atoms with Crippen molar-refractivity contribution in [2.75, 3.05) is 7.05 Å². The zero-order chi connectivity index (χ0) is 11.9. The van der Waals surface area contributed by atoms with E-state index in [1.54, 1.807) is 0 Å². The van der Waals surface area contributed by atoms with Gasteiger partial charge in [-0.2, -0.15) is 0 Å². The van der Waals surface area contributed by atoms with Crippen molar-refractivity contribution in [3.8, 4) is 0 Å². The van der Waals surface area contributed by atoms with Crippen LogP contribution in [0.15, 0.2) is 16.5 Å². The van der Waals surface area contributed by atoms with Gasteiger partial charge in [-0.25, -0.2) is 0 Å². The molecule has 1 atom stereocenters. The Morgan fingerprint density at radius 3 is 2.44 bits per heavy atom. The summed E-state index contributed by atoms with van der Waals surface area (Å²) in [4.78, 5) is 0. The molecule has 0 aliphatic heterocycles. The van der Waals surface area contributed by atoms with E-state index in [-0.39, 0.29) is 6.04 Å². The second kappa shape index (κ2) is 3.95. The van der Waals surface area contributed by atoms with Gasteiger partial charge in [-0.1, -0.05) is 6.07 Å². The Morgan fingerprint density at radius 1 is 1.12 bits per heavy atom. The summed E-state index contributed by atoms with van der Waals surface area (Å²) in [6.07, 6.45) is 0. The molecule has 2 aromatic rings. The highest BCUT2D eigenvalue weighted by Crippen LogP contribution is 2.30. The Morgan fingerprint density at radius 2 is 1.81 bits per heavy atom. The average molecular weight is 217 g/mol. The largest absolute Gasteiger partial charge is 0.459 e. The second-order valence-corrected chi connectivity index (χ2v) is 4.54. The summed E-state index contributed by atoms with van der Waals surface area (Å²) in [5, 5.41) is 4.44. The van der Waals surface area contributed by atoms with Gasteiger partial charge in [0.2, 0.25) is 0 Å². The number of aryl methyl sites for hydroxylation is 3. The molecule has 0 spiro atoms. The zero-order valence-corrected chi connectivity index (χ0v) is 10.6. The number of benzene rings is 1. The van der Waals surface area contributed by atoms with Crippen LogP contribution >= 0.6 is 0 Å². The minimum atomic E-state index is 0.256. The van der Waals surface area contributed by atoms with E-state index < -0.39 is 0 Å². The second-order valence-electron chi connectivity index (χ2n) is 4.54. The molecular weight excluding hydrogens is 198 g/mol. The molecule has 0 amide bonds. The highest BCUT2D eigenvalue weighted by molar-refractivity contribution is 5.85. The lowest BCUT2D eigenvalue weighted by atomic mass is 10.0. The third kappa shape index (κ3) is 1.63. The van der Waals surface area contributed by atoms with E-state index in [0.717, 1.165) is 11.3 Å². The van der Waals surface area contributed by atoms with Gasteiger partial charge in [0, 0.05) is 5.39 Å². The molecule has 1 unspecified atom stereocenters. The number of nitrogens with one attached hydrogen (secondary N) is 1. The van der Waals surface area contributed by atoms with E-state index in [4.69, 9.17) is 4.42 Å². The van der Waals surface area contributed by atoms with Crippen molar-refractivity contribution in [2.24, 2.45) is 0 Å². The molecule has 0 saturated heterocycles. The number of hydrogen-bond acceptors (Lipinski definition) is 2. The average Bonchev–Trinajstić information content (AvgIpc) is 2.70. The van der Waals surface area contributed by atoms with Crippen molar-refractivity contribution in [1.29, 1.82) is 0 Å². The third-order valence-corrected chi connectivity index (χ3v) is 3.40. The Hall–Kier alpha value is -1.28. The fourth-order valence-corrected chi connectivity index (χ4v) is 2.03. The molecule has 86 valence electrons. The summed E-state index contributed by atoms with van der Waals surface area (Å²) in [5.41, 5.74) is 4.86. The van der Waals surface area contributed by atoms with Crippen LogP contribution in [-0.2, 0) is 0 Å². The normalized spacial score (nSPS) is 13.3. The van der Waals surface area contributed by atoms with E-state index >= 15 is 0 Å². The molecule has 1 aromatic heterocycles. The standard InChI is InChI=1S/C14H19NO/c1-8-6-9(2)12-7-13(11(4)15-5)16-14(12)10(8)3/h6-7,11,15H,1-5H3. The van der Waals surface area contributed by atoms with Crippen LogP contribution in [0.3, 0.4) is 0 Å². The molecule has 0 aliphatic rings. The fourth-order valence-electron chi connectivity index (χ4n) is 2.03. The van der Waals surface area contributed by atoms with Crippen LogP contribution in [0.5, 0.6) is 0 Å². The van der Waals surface area contributed by atoms with Crippen molar-refractivity contribution in [2.45, 2.75) is 33.7 Å². The Bertz CT molecular complexity index is 525. The van der Waals surface area contributed by atoms with Crippen LogP contribution in [0.2, 0.25) is 0 Å². The number of rotatable bonds is 2. The first kappa shape index (κ1) is 11.2. The van der Waals surface area contributed by atoms with Gasteiger partial charge in [-0.05, 0) is 57.5 Å². The van der Waals surface area contributed by atoms with Crippen molar-refractivity contribution in [3.05, 3.63) is 34.6 Å². The minimum Gasteiger partial charge on any atom is -0.459 e. The van der Waals surface area contributed by atoms with Gasteiger partial charge in [0.05, 0.1) is 6.04 Å². The van der Waals surface area contributed by atoms with Crippen LogP contribution < -0.4 is 5.32 Å². The van der Waals surface area contributed by atoms with Crippen molar-refractivity contribution < 1.29 is 4.42 Å². The van der Waals surface area contributed by atoms with Gasteiger partial charge < -0.3 is 9.73 Å². The predicted octanol–water partition coefficient (Wildman–Crippen LogP) is 3.64. The van der Waals surface area contributed by atoms with Crippen molar-refractivity contribution in [3.63, 3.8) is 0 Å². The number of fused-ring (bicyclic) bond motifs is 1.